The Bertz CT molecular complexity index is 401. The van der Waals surface area contributed by atoms with Gasteiger partial charge in [-0.2, -0.15) is 0 Å². The van der Waals surface area contributed by atoms with E-state index in [1.54, 1.807) is 0 Å². The van der Waals surface area contributed by atoms with Gasteiger partial charge in [0.05, 0.1) is 0 Å². The first-order valence-electron chi connectivity index (χ1n) is 4.90. The molecule has 84 valence electrons. The minimum atomic E-state index is -2.15. The Morgan fingerprint density at radius 1 is 1.33 bits per heavy atom. The van der Waals surface area contributed by atoms with E-state index in [9.17, 15) is 4.57 Å². The molecule has 2 nitrogen and oxygen atoms in total. The van der Waals surface area contributed by atoms with Crippen LogP contribution in [0, 0.1) is 0 Å². The van der Waals surface area contributed by atoms with Crippen LogP contribution in [-0.4, -0.2) is 19.4 Å². The lowest BCUT2D eigenvalue weighted by Crippen LogP contribution is -2.12. The number of nitrogens with two attached hydrogens (primary N) is 1. The van der Waals surface area contributed by atoms with E-state index in [4.69, 9.17) is 5.73 Å². The standard InChI is InChI=1S/C11H16NOP.ClH/c1-14(2,13)11-6-4-3-5-8(11)9-7-10(9)12;/h3-6,9-10H,7,12H2,1-2H3;1H. The van der Waals surface area contributed by atoms with Crippen LogP contribution in [0.25, 0.3) is 0 Å². The van der Waals surface area contributed by atoms with Gasteiger partial charge in [0.15, 0.2) is 0 Å². The summed E-state index contributed by atoms with van der Waals surface area (Å²) in [5, 5.41) is 1.01. The minimum Gasteiger partial charge on any atom is -0.327 e. The third-order valence-corrected chi connectivity index (χ3v) is 4.32. The summed E-state index contributed by atoms with van der Waals surface area (Å²) in [4.78, 5) is 0. The van der Waals surface area contributed by atoms with Gasteiger partial charge >= 0.3 is 0 Å². The Morgan fingerprint density at radius 2 is 1.87 bits per heavy atom. The topological polar surface area (TPSA) is 43.1 Å². The summed E-state index contributed by atoms with van der Waals surface area (Å²) >= 11 is 0. The van der Waals surface area contributed by atoms with Gasteiger partial charge in [-0.15, -0.1) is 12.4 Å². The highest BCUT2D eigenvalue weighted by Crippen LogP contribution is 2.44. The zero-order valence-electron chi connectivity index (χ0n) is 9.01. The summed E-state index contributed by atoms with van der Waals surface area (Å²) in [6.45, 7) is 3.64. The third kappa shape index (κ3) is 2.63. The van der Waals surface area contributed by atoms with Crippen LogP contribution in [0.1, 0.15) is 17.9 Å². The van der Waals surface area contributed by atoms with Crippen molar-refractivity contribution in [3.8, 4) is 0 Å². The molecule has 0 heterocycles. The lowest BCUT2D eigenvalue weighted by molar-refractivity contribution is 0.588. The van der Waals surface area contributed by atoms with Crippen molar-refractivity contribution < 1.29 is 4.57 Å². The van der Waals surface area contributed by atoms with E-state index in [0.29, 0.717) is 5.92 Å². The highest BCUT2D eigenvalue weighted by molar-refractivity contribution is 7.70. The van der Waals surface area contributed by atoms with E-state index >= 15 is 0 Å². The van der Waals surface area contributed by atoms with Crippen LogP contribution < -0.4 is 11.0 Å². The largest absolute Gasteiger partial charge is 0.327 e. The number of hydrogen-bond acceptors (Lipinski definition) is 2. The van der Waals surface area contributed by atoms with Gasteiger partial charge in [0, 0.05) is 17.3 Å². The van der Waals surface area contributed by atoms with Crippen molar-refractivity contribution in [2.45, 2.75) is 18.4 Å². The van der Waals surface area contributed by atoms with Gasteiger partial charge in [0.1, 0.15) is 7.14 Å². The Kier molecular flexibility index (Phi) is 3.65. The highest BCUT2D eigenvalue weighted by Gasteiger charge is 2.37. The van der Waals surface area contributed by atoms with Crippen LogP contribution in [0.4, 0.5) is 0 Å². The summed E-state index contributed by atoms with van der Waals surface area (Å²) in [5.41, 5.74) is 7.02. The molecule has 15 heavy (non-hydrogen) atoms. The van der Waals surface area contributed by atoms with Gasteiger partial charge < -0.3 is 10.3 Å². The maximum Gasteiger partial charge on any atom is 0.110 e. The van der Waals surface area contributed by atoms with Crippen molar-refractivity contribution in [3.63, 3.8) is 0 Å². The second-order valence-corrected chi connectivity index (χ2v) is 7.60. The normalized spacial score (nSPS) is 24.5. The second kappa shape index (κ2) is 4.29. The Balaban J connectivity index is 0.00000112. The molecule has 0 saturated heterocycles. The molecule has 0 bridgehead atoms. The molecule has 1 fully saturated rings. The van der Waals surface area contributed by atoms with E-state index < -0.39 is 7.14 Å². The Hall–Kier alpha value is -0.300. The van der Waals surface area contributed by atoms with Gasteiger partial charge in [0.25, 0.3) is 0 Å². The van der Waals surface area contributed by atoms with Crippen LogP contribution in [0.2, 0.25) is 0 Å². The molecule has 0 amide bonds. The molecule has 0 spiro atoms. The van der Waals surface area contributed by atoms with Gasteiger partial charge in [-0.25, -0.2) is 0 Å². The number of halogens is 1. The molecule has 2 N–H and O–H groups in total. The average Bonchev–Trinajstić information content (AvgIpc) is 2.81. The smallest absolute Gasteiger partial charge is 0.110 e. The van der Waals surface area contributed by atoms with Crippen molar-refractivity contribution in [3.05, 3.63) is 29.8 Å². The van der Waals surface area contributed by atoms with Gasteiger partial charge in [-0.05, 0) is 25.3 Å². The molecular formula is C11H17ClNOP. The van der Waals surface area contributed by atoms with Crippen molar-refractivity contribution >= 4 is 24.9 Å². The van der Waals surface area contributed by atoms with E-state index in [-0.39, 0.29) is 18.4 Å². The zero-order chi connectivity index (χ0) is 10.3. The van der Waals surface area contributed by atoms with E-state index in [0.717, 1.165) is 11.7 Å². The first kappa shape index (κ1) is 12.8. The molecule has 2 atom stereocenters. The molecule has 1 aliphatic rings. The SMILES string of the molecule is CP(C)(=O)c1ccccc1C1CC1N.Cl. The van der Waals surface area contributed by atoms with Crippen molar-refractivity contribution in [1.82, 2.24) is 0 Å². The summed E-state index contributed by atoms with van der Waals surface area (Å²) in [6.07, 6.45) is 1.04. The van der Waals surface area contributed by atoms with Crippen LogP contribution in [0.15, 0.2) is 24.3 Å². The minimum absolute atomic E-state index is 0. The summed E-state index contributed by atoms with van der Waals surface area (Å²) < 4.78 is 12.0. The molecule has 2 unspecified atom stereocenters. The van der Waals surface area contributed by atoms with Gasteiger partial charge in [-0.1, -0.05) is 24.3 Å². The quantitative estimate of drug-likeness (QED) is 0.812. The summed E-state index contributed by atoms with van der Waals surface area (Å²) in [5.74, 6) is 0.444. The maximum absolute atomic E-state index is 12.0. The van der Waals surface area contributed by atoms with Crippen LogP contribution in [-0.2, 0) is 4.57 Å². The fourth-order valence-corrected chi connectivity index (χ4v) is 3.17. The van der Waals surface area contributed by atoms with E-state index in [1.165, 1.54) is 5.56 Å². The number of benzene rings is 1. The Labute approximate surface area is 97.0 Å². The fraction of sp³-hybridized carbons (Fsp3) is 0.455. The van der Waals surface area contributed by atoms with Crippen molar-refractivity contribution in [2.24, 2.45) is 5.73 Å². The lowest BCUT2D eigenvalue weighted by Gasteiger charge is -2.12. The third-order valence-electron chi connectivity index (χ3n) is 2.76. The lowest BCUT2D eigenvalue weighted by atomic mass is 10.1. The molecular weight excluding hydrogens is 229 g/mol. The van der Waals surface area contributed by atoms with E-state index in [1.807, 2.05) is 31.5 Å². The molecule has 1 aromatic rings. The second-order valence-electron chi connectivity index (χ2n) is 4.42. The predicted molar refractivity (Wildman–Crippen MR) is 68.1 cm³/mol. The molecule has 0 aromatic heterocycles. The van der Waals surface area contributed by atoms with Crippen LogP contribution in [0.3, 0.4) is 0 Å². The fourth-order valence-electron chi connectivity index (χ4n) is 1.86. The van der Waals surface area contributed by atoms with Crippen molar-refractivity contribution in [1.29, 1.82) is 0 Å². The zero-order valence-corrected chi connectivity index (χ0v) is 10.7. The molecule has 0 aliphatic heterocycles. The van der Waals surface area contributed by atoms with Crippen molar-refractivity contribution in [2.75, 3.05) is 13.3 Å². The first-order chi connectivity index (χ1) is 6.50. The van der Waals surface area contributed by atoms with Gasteiger partial charge in [0.2, 0.25) is 0 Å². The summed E-state index contributed by atoms with van der Waals surface area (Å²) in [6, 6.07) is 8.27. The monoisotopic (exact) mass is 245 g/mol. The average molecular weight is 246 g/mol. The van der Waals surface area contributed by atoms with Crippen LogP contribution in [0.5, 0.6) is 0 Å². The molecule has 1 aromatic carbocycles. The molecule has 2 rings (SSSR count). The number of rotatable bonds is 2. The molecule has 4 heteroatoms. The highest BCUT2D eigenvalue weighted by atomic mass is 35.5. The van der Waals surface area contributed by atoms with Gasteiger partial charge in [-0.3, -0.25) is 0 Å². The van der Waals surface area contributed by atoms with E-state index in [2.05, 4.69) is 6.07 Å². The van der Waals surface area contributed by atoms with Crippen LogP contribution >= 0.6 is 19.5 Å². The molecule has 1 saturated carbocycles. The molecule has 0 radical (unpaired) electrons. The molecule has 1 aliphatic carbocycles. The summed E-state index contributed by atoms with van der Waals surface area (Å²) in [7, 11) is -2.15. The first-order valence-corrected chi connectivity index (χ1v) is 7.50. The predicted octanol–water partition coefficient (Wildman–Crippen LogP) is 2.17. The maximum atomic E-state index is 12.0. The number of hydrogen-bond donors (Lipinski definition) is 1. The Morgan fingerprint density at radius 3 is 2.33 bits per heavy atom.